The van der Waals surface area contributed by atoms with Gasteiger partial charge in [0, 0.05) is 0 Å². The molecular weight excluding hydrogens is 797 g/mol. The van der Waals surface area contributed by atoms with E-state index in [1.807, 2.05) is 182 Å². The molecule has 0 aliphatic carbocycles. The van der Waals surface area contributed by atoms with Gasteiger partial charge in [0.1, 0.15) is 42.7 Å². The zero-order valence-electron chi connectivity index (χ0n) is 35.3. The monoisotopic (exact) mass is 852 g/mol. The number of aliphatic hydroxyl groups excluding tert-OH is 1. The van der Waals surface area contributed by atoms with Crippen LogP contribution < -0.4 is 0 Å². The molecule has 2 fully saturated rings. The molecule has 6 aromatic rings. The molecule has 8 rings (SSSR count). The summed E-state index contributed by atoms with van der Waals surface area (Å²) in [5, 5.41) is 11.8. The lowest BCUT2D eigenvalue weighted by molar-refractivity contribution is -0.339. The van der Waals surface area contributed by atoms with Crippen LogP contribution in [0.25, 0.3) is 0 Å². The quantitative estimate of drug-likeness (QED) is 0.0715. The van der Waals surface area contributed by atoms with E-state index >= 15 is 0 Å². The molecule has 328 valence electrons. The first-order valence-electron chi connectivity index (χ1n) is 21.7. The van der Waals surface area contributed by atoms with Gasteiger partial charge in [-0.05, 0) is 33.4 Å². The van der Waals surface area contributed by atoms with Crippen molar-refractivity contribution in [2.75, 3.05) is 13.2 Å². The molecule has 6 aromatic carbocycles. The average Bonchev–Trinajstić information content (AvgIpc) is 3.66. The van der Waals surface area contributed by atoms with Gasteiger partial charge in [-0.15, -0.1) is 0 Å². The summed E-state index contributed by atoms with van der Waals surface area (Å²) in [6, 6.07) is 59.6. The van der Waals surface area contributed by atoms with Crippen LogP contribution in [-0.2, 0) is 82.3 Å². The second-order valence-electron chi connectivity index (χ2n) is 15.8. The highest BCUT2D eigenvalue weighted by molar-refractivity contribution is 5.18. The Morgan fingerprint density at radius 2 is 0.651 bits per heavy atom. The van der Waals surface area contributed by atoms with E-state index in [-0.39, 0.29) is 33.0 Å². The molecule has 10 heteroatoms. The van der Waals surface area contributed by atoms with Crippen molar-refractivity contribution in [1.29, 1.82) is 0 Å². The molecule has 2 aliphatic rings. The van der Waals surface area contributed by atoms with Gasteiger partial charge in [-0.25, -0.2) is 0 Å². The van der Waals surface area contributed by atoms with Crippen molar-refractivity contribution < 1.29 is 47.7 Å². The van der Waals surface area contributed by atoms with Gasteiger partial charge in [0.15, 0.2) is 12.6 Å². The number of aliphatic hydroxyl groups is 1. The minimum absolute atomic E-state index is 0.0764. The molecular formula is C53H56O10. The fraction of sp³-hybridized carbons (Fsp3) is 0.321. The number of hydrogen-bond acceptors (Lipinski definition) is 10. The standard InChI is InChI=1S/C53H56O10/c54-52-50(59-35-43-27-15-5-16-28-43)49(58-34-42-25-13-4-14-26-42)48(46(61-52)38-56-32-40-21-9-2-10-22-40)63-53-51(60-36-44-29-17-6-18-30-44)47(57-33-41-23-11-3-12-24-41)45(62-53)37-55-31-39-19-7-1-8-20-39/h1-30,45-54H,31-38H2/t45-,46-,47-,48-,49+,50-,51-,52-,53-/m1/s1. The van der Waals surface area contributed by atoms with Crippen LogP contribution >= 0.6 is 0 Å². The second-order valence-corrected chi connectivity index (χ2v) is 15.8. The lowest BCUT2D eigenvalue weighted by Gasteiger charge is -2.45. The fourth-order valence-corrected chi connectivity index (χ4v) is 7.83. The van der Waals surface area contributed by atoms with Crippen molar-refractivity contribution in [3.8, 4) is 0 Å². The number of benzene rings is 6. The first-order valence-corrected chi connectivity index (χ1v) is 21.7. The molecule has 2 saturated heterocycles. The van der Waals surface area contributed by atoms with Crippen LogP contribution in [-0.4, -0.2) is 73.6 Å². The summed E-state index contributed by atoms with van der Waals surface area (Å²) in [5.41, 5.74) is 5.91. The topological polar surface area (TPSA) is 103 Å². The molecule has 0 bridgehead atoms. The normalized spacial score (nSPS) is 24.6. The van der Waals surface area contributed by atoms with Crippen molar-refractivity contribution in [3.05, 3.63) is 215 Å². The summed E-state index contributed by atoms with van der Waals surface area (Å²) in [4.78, 5) is 0. The second kappa shape index (κ2) is 23.6. The SMILES string of the molecule is O[C@@H]1O[C@H](COCc2ccccc2)[C@@H](O[C@H]2O[C@H](COCc3ccccc3)[C@@H](OCc3ccccc3)[C@H]2OCc2ccccc2)[C@H](OCc2ccccc2)[C@H]1OCc1ccccc1. The molecule has 0 radical (unpaired) electrons. The third-order valence-corrected chi connectivity index (χ3v) is 11.1. The summed E-state index contributed by atoms with van der Waals surface area (Å²) >= 11 is 0. The van der Waals surface area contributed by atoms with Gasteiger partial charge in [0.2, 0.25) is 0 Å². The first-order chi connectivity index (χ1) is 31.2. The lowest BCUT2D eigenvalue weighted by Crippen LogP contribution is -2.62. The summed E-state index contributed by atoms with van der Waals surface area (Å²) in [6.45, 7) is 2.01. The smallest absolute Gasteiger partial charge is 0.187 e. The zero-order chi connectivity index (χ0) is 42.9. The molecule has 1 N–H and O–H groups in total. The lowest BCUT2D eigenvalue weighted by atomic mass is 9.97. The predicted octanol–water partition coefficient (Wildman–Crippen LogP) is 8.59. The van der Waals surface area contributed by atoms with E-state index < -0.39 is 55.3 Å². The van der Waals surface area contributed by atoms with Crippen LogP contribution in [0, 0.1) is 0 Å². The maximum atomic E-state index is 11.8. The highest BCUT2D eigenvalue weighted by Gasteiger charge is 2.53. The van der Waals surface area contributed by atoms with Crippen LogP contribution in [0.5, 0.6) is 0 Å². The summed E-state index contributed by atoms with van der Waals surface area (Å²) in [5.74, 6) is 0. The molecule has 63 heavy (non-hydrogen) atoms. The average molecular weight is 853 g/mol. The minimum Gasteiger partial charge on any atom is -0.374 e. The van der Waals surface area contributed by atoms with Crippen molar-refractivity contribution in [1.82, 2.24) is 0 Å². The van der Waals surface area contributed by atoms with Crippen molar-refractivity contribution in [2.24, 2.45) is 0 Å². The van der Waals surface area contributed by atoms with Gasteiger partial charge in [-0.2, -0.15) is 0 Å². The number of ether oxygens (including phenoxy) is 9. The molecule has 0 amide bonds. The van der Waals surface area contributed by atoms with Gasteiger partial charge >= 0.3 is 0 Å². The van der Waals surface area contributed by atoms with E-state index in [0.717, 1.165) is 33.4 Å². The fourth-order valence-electron chi connectivity index (χ4n) is 7.83. The number of rotatable bonds is 22. The van der Waals surface area contributed by atoms with Crippen LogP contribution in [0.3, 0.4) is 0 Å². The summed E-state index contributed by atoms with van der Waals surface area (Å²) in [6.07, 6.45) is -7.75. The molecule has 2 heterocycles. The number of hydrogen-bond donors (Lipinski definition) is 1. The van der Waals surface area contributed by atoms with Crippen LogP contribution in [0.2, 0.25) is 0 Å². The van der Waals surface area contributed by atoms with Crippen LogP contribution in [0.4, 0.5) is 0 Å². The summed E-state index contributed by atoms with van der Waals surface area (Å²) in [7, 11) is 0. The molecule has 0 saturated carbocycles. The molecule has 0 aromatic heterocycles. The van der Waals surface area contributed by atoms with E-state index in [0.29, 0.717) is 19.8 Å². The van der Waals surface area contributed by atoms with Crippen molar-refractivity contribution in [2.45, 2.75) is 94.9 Å². The first kappa shape index (κ1) is 44.5. The Bertz CT molecular complexity index is 2150. The van der Waals surface area contributed by atoms with Crippen LogP contribution in [0.1, 0.15) is 33.4 Å². The predicted molar refractivity (Wildman–Crippen MR) is 237 cm³/mol. The van der Waals surface area contributed by atoms with Gasteiger partial charge in [0.25, 0.3) is 0 Å². The highest BCUT2D eigenvalue weighted by atomic mass is 16.8. The summed E-state index contributed by atoms with van der Waals surface area (Å²) < 4.78 is 60.0. The van der Waals surface area contributed by atoms with Crippen molar-refractivity contribution in [3.63, 3.8) is 0 Å². The van der Waals surface area contributed by atoms with Gasteiger partial charge in [-0.3, -0.25) is 0 Å². The maximum Gasteiger partial charge on any atom is 0.187 e. The Balaban J connectivity index is 1.11. The van der Waals surface area contributed by atoms with Crippen molar-refractivity contribution >= 4 is 0 Å². The van der Waals surface area contributed by atoms with E-state index in [2.05, 4.69) is 0 Å². The van der Waals surface area contributed by atoms with E-state index in [1.165, 1.54) is 0 Å². The molecule has 9 atom stereocenters. The Morgan fingerprint density at radius 1 is 0.333 bits per heavy atom. The molecule has 0 unspecified atom stereocenters. The minimum atomic E-state index is -1.37. The van der Waals surface area contributed by atoms with Gasteiger partial charge < -0.3 is 47.7 Å². The van der Waals surface area contributed by atoms with Crippen LogP contribution in [0.15, 0.2) is 182 Å². The maximum absolute atomic E-state index is 11.8. The zero-order valence-corrected chi connectivity index (χ0v) is 35.3. The Morgan fingerprint density at radius 3 is 1.05 bits per heavy atom. The van der Waals surface area contributed by atoms with E-state index in [9.17, 15) is 5.11 Å². The highest BCUT2D eigenvalue weighted by Crippen LogP contribution is 2.36. The third-order valence-electron chi connectivity index (χ3n) is 11.1. The molecule has 2 aliphatic heterocycles. The van der Waals surface area contributed by atoms with E-state index in [4.69, 9.17) is 42.6 Å². The van der Waals surface area contributed by atoms with E-state index in [1.54, 1.807) is 0 Å². The molecule has 10 nitrogen and oxygen atoms in total. The molecule has 0 spiro atoms. The Hall–Kier alpha value is -5.08. The largest absolute Gasteiger partial charge is 0.374 e. The van der Waals surface area contributed by atoms with Gasteiger partial charge in [0.05, 0.1) is 52.9 Å². The Kier molecular flexibility index (Phi) is 16.7. The van der Waals surface area contributed by atoms with Gasteiger partial charge in [-0.1, -0.05) is 182 Å². The Labute approximate surface area is 370 Å². The third kappa shape index (κ3) is 13.0.